The summed E-state index contributed by atoms with van der Waals surface area (Å²) in [5, 5.41) is 4.19. The lowest BCUT2D eigenvalue weighted by atomic mass is 10.2. The largest absolute Gasteiger partial charge is 0.354 e. The fraction of sp³-hybridized carbons (Fsp3) is 0.600. The Morgan fingerprint density at radius 1 is 1.00 bits per heavy atom. The molecule has 0 N–H and O–H groups in total. The summed E-state index contributed by atoms with van der Waals surface area (Å²) in [6, 6.07) is 3.63. The number of rotatable bonds is 4. The van der Waals surface area contributed by atoms with E-state index in [-0.39, 0.29) is 11.9 Å². The molecular formula is C20H30N8O. The van der Waals surface area contributed by atoms with Gasteiger partial charge in [-0.2, -0.15) is 10.1 Å². The number of anilines is 2. The van der Waals surface area contributed by atoms with Gasteiger partial charge in [0.1, 0.15) is 11.9 Å². The molecule has 4 rings (SSSR count). The molecule has 0 aromatic carbocycles. The lowest BCUT2D eigenvalue weighted by molar-refractivity contribution is -0.134. The molecule has 2 aliphatic rings. The summed E-state index contributed by atoms with van der Waals surface area (Å²) in [6.45, 7) is 10.8. The molecule has 2 aromatic rings. The van der Waals surface area contributed by atoms with Crippen LogP contribution in [-0.2, 0) is 4.79 Å². The van der Waals surface area contributed by atoms with Crippen molar-refractivity contribution in [2.24, 2.45) is 0 Å². The minimum atomic E-state index is -0.282. The minimum Gasteiger partial charge on any atom is -0.354 e. The van der Waals surface area contributed by atoms with E-state index in [2.05, 4.69) is 37.9 Å². The van der Waals surface area contributed by atoms with Crippen molar-refractivity contribution in [3.8, 4) is 0 Å². The number of hydrogen-bond acceptors (Lipinski definition) is 7. The Bertz CT molecular complexity index is 823. The number of likely N-dealkylation sites (N-methyl/N-ethyl adjacent to an activating group) is 1. The second-order valence-corrected chi connectivity index (χ2v) is 7.93. The Balaban J connectivity index is 1.40. The molecule has 29 heavy (non-hydrogen) atoms. The first-order valence-electron chi connectivity index (χ1n) is 10.3. The summed E-state index contributed by atoms with van der Waals surface area (Å²) in [5.74, 6) is 1.88. The molecule has 0 aliphatic carbocycles. The van der Waals surface area contributed by atoms with E-state index in [1.807, 2.05) is 31.0 Å². The summed E-state index contributed by atoms with van der Waals surface area (Å²) in [4.78, 5) is 31.1. The van der Waals surface area contributed by atoms with Gasteiger partial charge in [-0.25, -0.2) is 4.98 Å². The van der Waals surface area contributed by atoms with Crippen molar-refractivity contribution >= 4 is 17.7 Å². The van der Waals surface area contributed by atoms with Gasteiger partial charge < -0.3 is 19.6 Å². The molecule has 9 heteroatoms. The van der Waals surface area contributed by atoms with E-state index in [0.717, 1.165) is 56.7 Å². The first kappa shape index (κ1) is 19.6. The first-order valence-corrected chi connectivity index (χ1v) is 10.3. The van der Waals surface area contributed by atoms with Gasteiger partial charge in [0.05, 0.1) is 0 Å². The van der Waals surface area contributed by atoms with Gasteiger partial charge in [-0.3, -0.25) is 9.48 Å². The van der Waals surface area contributed by atoms with Crippen LogP contribution in [0.3, 0.4) is 0 Å². The second-order valence-electron chi connectivity index (χ2n) is 7.93. The maximum absolute atomic E-state index is 12.8. The number of nitrogens with zero attached hydrogens (tertiary/aromatic N) is 8. The summed E-state index contributed by atoms with van der Waals surface area (Å²) < 4.78 is 1.71. The van der Waals surface area contributed by atoms with Gasteiger partial charge in [-0.1, -0.05) is 0 Å². The van der Waals surface area contributed by atoms with Crippen molar-refractivity contribution in [1.29, 1.82) is 0 Å². The van der Waals surface area contributed by atoms with Crippen molar-refractivity contribution < 1.29 is 4.79 Å². The molecule has 2 aromatic heterocycles. The molecule has 0 radical (unpaired) electrons. The zero-order valence-corrected chi connectivity index (χ0v) is 17.5. The highest BCUT2D eigenvalue weighted by Crippen LogP contribution is 2.20. The normalized spacial score (nSPS) is 19.5. The van der Waals surface area contributed by atoms with Crippen LogP contribution in [0.1, 0.15) is 18.7 Å². The summed E-state index contributed by atoms with van der Waals surface area (Å²) in [7, 11) is 2.15. The van der Waals surface area contributed by atoms with Crippen molar-refractivity contribution in [3.05, 3.63) is 30.2 Å². The zero-order valence-electron chi connectivity index (χ0n) is 17.5. The van der Waals surface area contributed by atoms with Crippen molar-refractivity contribution in [3.63, 3.8) is 0 Å². The number of piperazine rings is 2. The monoisotopic (exact) mass is 398 g/mol. The van der Waals surface area contributed by atoms with Crippen LogP contribution in [0, 0.1) is 6.92 Å². The van der Waals surface area contributed by atoms with Gasteiger partial charge >= 0.3 is 0 Å². The van der Waals surface area contributed by atoms with Crippen LogP contribution < -0.4 is 9.80 Å². The Morgan fingerprint density at radius 3 is 2.34 bits per heavy atom. The van der Waals surface area contributed by atoms with Crippen LogP contribution in [-0.4, -0.2) is 94.9 Å². The summed E-state index contributed by atoms with van der Waals surface area (Å²) in [6.07, 6.45) is 3.54. The third kappa shape index (κ3) is 4.34. The second kappa shape index (κ2) is 8.36. The number of aryl methyl sites for hydroxylation is 1. The summed E-state index contributed by atoms with van der Waals surface area (Å²) >= 11 is 0. The van der Waals surface area contributed by atoms with Crippen LogP contribution in [0.15, 0.2) is 24.5 Å². The van der Waals surface area contributed by atoms with Crippen LogP contribution >= 0.6 is 0 Å². The fourth-order valence-electron chi connectivity index (χ4n) is 3.89. The average molecular weight is 399 g/mol. The molecule has 2 saturated heterocycles. The fourth-order valence-corrected chi connectivity index (χ4v) is 3.89. The maximum Gasteiger partial charge on any atom is 0.247 e. The molecule has 9 nitrogen and oxygen atoms in total. The highest BCUT2D eigenvalue weighted by atomic mass is 16.2. The van der Waals surface area contributed by atoms with E-state index in [9.17, 15) is 4.79 Å². The molecule has 2 aliphatic heterocycles. The van der Waals surface area contributed by atoms with Crippen LogP contribution in [0.4, 0.5) is 11.8 Å². The van der Waals surface area contributed by atoms with Crippen molar-refractivity contribution in [2.75, 3.05) is 69.2 Å². The molecule has 156 valence electrons. The predicted octanol–water partition coefficient (Wildman–Crippen LogP) is 0.643. The van der Waals surface area contributed by atoms with E-state index in [1.54, 1.807) is 10.9 Å². The third-order valence-corrected chi connectivity index (χ3v) is 5.81. The molecule has 0 bridgehead atoms. The van der Waals surface area contributed by atoms with Crippen LogP contribution in [0.5, 0.6) is 0 Å². The number of amides is 1. The number of hydrogen-bond donors (Lipinski definition) is 0. The SMILES string of the molecule is Cc1cc(N2CCN(C)CC2)nc(N2CCN(C(=O)C(C)n3cccn3)CC2)n1. The highest BCUT2D eigenvalue weighted by molar-refractivity contribution is 5.80. The number of carbonyl (C=O) groups excluding carboxylic acids is 1. The van der Waals surface area contributed by atoms with E-state index in [0.29, 0.717) is 13.1 Å². The smallest absolute Gasteiger partial charge is 0.247 e. The molecule has 1 amide bonds. The summed E-state index contributed by atoms with van der Waals surface area (Å²) in [5.41, 5.74) is 0.981. The van der Waals surface area contributed by atoms with Gasteiger partial charge in [-0.05, 0) is 27.0 Å². The Kier molecular flexibility index (Phi) is 5.66. The zero-order chi connectivity index (χ0) is 20.4. The Morgan fingerprint density at radius 2 is 1.69 bits per heavy atom. The molecule has 0 spiro atoms. The number of aromatic nitrogens is 4. The average Bonchev–Trinajstić information content (AvgIpc) is 3.28. The van der Waals surface area contributed by atoms with Gasteiger partial charge in [0.15, 0.2) is 0 Å². The van der Waals surface area contributed by atoms with Crippen LogP contribution in [0.25, 0.3) is 0 Å². The quantitative estimate of drug-likeness (QED) is 0.748. The van der Waals surface area contributed by atoms with Crippen LogP contribution in [0.2, 0.25) is 0 Å². The van der Waals surface area contributed by atoms with E-state index in [4.69, 9.17) is 4.98 Å². The van der Waals surface area contributed by atoms with E-state index < -0.39 is 0 Å². The molecule has 2 fully saturated rings. The maximum atomic E-state index is 12.8. The van der Waals surface area contributed by atoms with Crippen molar-refractivity contribution in [2.45, 2.75) is 19.9 Å². The third-order valence-electron chi connectivity index (χ3n) is 5.81. The van der Waals surface area contributed by atoms with E-state index >= 15 is 0 Å². The molecule has 4 heterocycles. The first-order chi connectivity index (χ1) is 14.0. The van der Waals surface area contributed by atoms with Gasteiger partial charge in [-0.15, -0.1) is 0 Å². The lowest BCUT2D eigenvalue weighted by Gasteiger charge is -2.37. The van der Waals surface area contributed by atoms with Crippen molar-refractivity contribution in [1.82, 2.24) is 29.5 Å². The molecule has 1 unspecified atom stereocenters. The predicted molar refractivity (Wildman–Crippen MR) is 112 cm³/mol. The lowest BCUT2D eigenvalue weighted by Crippen LogP contribution is -2.51. The van der Waals surface area contributed by atoms with Gasteiger partial charge in [0, 0.05) is 76.5 Å². The molecular weight excluding hydrogens is 368 g/mol. The Labute approximate surface area is 171 Å². The number of carbonyl (C=O) groups is 1. The molecule has 1 atom stereocenters. The minimum absolute atomic E-state index is 0.108. The van der Waals surface area contributed by atoms with E-state index in [1.165, 1.54) is 0 Å². The van der Waals surface area contributed by atoms with Gasteiger partial charge in [0.25, 0.3) is 0 Å². The Hall–Kier alpha value is -2.68. The van der Waals surface area contributed by atoms with Gasteiger partial charge in [0.2, 0.25) is 11.9 Å². The molecule has 0 saturated carbocycles. The standard InChI is InChI=1S/C20H30N8O/c1-16-15-18(25-9-7-24(3)8-10-25)23-20(22-16)27-13-11-26(12-14-27)19(29)17(2)28-6-4-5-21-28/h4-6,15,17H,7-14H2,1-3H3. The topological polar surface area (TPSA) is 73.6 Å². The highest BCUT2D eigenvalue weighted by Gasteiger charge is 2.27.